The number of nitrogens with zero attached hydrogens (tertiary/aromatic N) is 3. The van der Waals surface area contributed by atoms with Gasteiger partial charge in [-0.3, -0.25) is 4.79 Å². The Bertz CT molecular complexity index is 334. The molecule has 15 heavy (non-hydrogen) atoms. The molecule has 0 saturated carbocycles. The van der Waals surface area contributed by atoms with E-state index in [9.17, 15) is 4.79 Å². The maximum Gasteiger partial charge on any atom is 0.229 e. The summed E-state index contributed by atoms with van der Waals surface area (Å²) in [5, 5.41) is 2.82. The second kappa shape index (κ2) is 4.72. The monoisotopic (exact) mass is 208 g/mol. The van der Waals surface area contributed by atoms with Crippen LogP contribution < -0.4 is 10.2 Å². The van der Waals surface area contributed by atoms with Gasteiger partial charge in [-0.2, -0.15) is 0 Å². The summed E-state index contributed by atoms with van der Waals surface area (Å²) in [6.45, 7) is 3.73. The van der Waals surface area contributed by atoms with Gasteiger partial charge in [-0.15, -0.1) is 0 Å². The van der Waals surface area contributed by atoms with Crippen LogP contribution in [0.3, 0.4) is 0 Å². The van der Waals surface area contributed by atoms with Crippen LogP contribution in [-0.2, 0) is 4.79 Å². The van der Waals surface area contributed by atoms with Gasteiger partial charge in [0.15, 0.2) is 0 Å². The first-order valence-corrected chi connectivity index (χ1v) is 4.83. The summed E-state index contributed by atoms with van der Waals surface area (Å²) >= 11 is 0. The van der Waals surface area contributed by atoms with Crippen molar-refractivity contribution in [1.82, 2.24) is 9.97 Å². The Morgan fingerprint density at radius 1 is 1.40 bits per heavy atom. The topological polar surface area (TPSA) is 58.1 Å². The first-order valence-electron chi connectivity index (χ1n) is 4.83. The predicted octanol–water partition coefficient (Wildman–Crippen LogP) is 1.14. The number of hydrogen-bond donors (Lipinski definition) is 1. The van der Waals surface area contributed by atoms with E-state index in [4.69, 9.17) is 0 Å². The average Bonchev–Trinajstić information content (AvgIpc) is 2.27. The number of carbonyl (C=O) groups excluding carboxylic acids is 1. The molecule has 0 fully saturated rings. The molecule has 1 heterocycles. The fraction of sp³-hybridized carbons (Fsp3) is 0.500. The minimum Gasteiger partial charge on any atom is -0.357 e. The Hall–Kier alpha value is -1.65. The van der Waals surface area contributed by atoms with E-state index in [1.807, 2.05) is 13.8 Å². The number of nitrogens with one attached hydrogen (secondary N) is 1. The van der Waals surface area contributed by atoms with Crippen molar-refractivity contribution in [3.05, 3.63) is 12.4 Å². The lowest BCUT2D eigenvalue weighted by Gasteiger charge is -2.18. The summed E-state index contributed by atoms with van der Waals surface area (Å²) in [6, 6.07) is 0. The Morgan fingerprint density at radius 3 is 2.33 bits per heavy atom. The van der Waals surface area contributed by atoms with Gasteiger partial charge in [0.2, 0.25) is 11.9 Å². The first kappa shape index (κ1) is 11.4. The van der Waals surface area contributed by atoms with Gasteiger partial charge >= 0.3 is 0 Å². The summed E-state index contributed by atoms with van der Waals surface area (Å²) in [4.78, 5) is 21.3. The molecular weight excluding hydrogens is 192 g/mol. The van der Waals surface area contributed by atoms with Crippen LogP contribution in [0.2, 0.25) is 0 Å². The lowest BCUT2D eigenvalue weighted by Crippen LogP contribution is -2.30. The van der Waals surface area contributed by atoms with Crippen molar-refractivity contribution in [2.24, 2.45) is 5.92 Å². The highest BCUT2D eigenvalue weighted by Crippen LogP contribution is 2.13. The Labute approximate surface area is 89.5 Å². The number of amides is 1. The van der Waals surface area contributed by atoms with E-state index >= 15 is 0 Å². The summed E-state index contributed by atoms with van der Waals surface area (Å²) in [5.74, 6) is 0.568. The second-order valence-corrected chi connectivity index (χ2v) is 3.57. The van der Waals surface area contributed by atoms with Gasteiger partial charge in [-0.1, -0.05) is 13.8 Å². The summed E-state index contributed by atoms with van der Waals surface area (Å²) in [5.41, 5.74) is 0.702. The lowest BCUT2D eigenvalue weighted by atomic mass is 10.2. The molecule has 0 atom stereocenters. The molecule has 0 aliphatic carbocycles. The van der Waals surface area contributed by atoms with Crippen LogP contribution in [0.1, 0.15) is 13.8 Å². The maximum atomic E-state index is 11.7. The number of carbonyl (C=O) groups is 1. The molecule has 1 N–H and O–H groups in total. The third-order valence-corrected chi connectivity index (χ3v) is 2.07. The lowest BCUT2D eigenvalue weighted by molar-refractivity contribution is -0.121. The highest BCUT2D eigenvalue weighted by Gasteiger charge is 2.14. The van der Waals surface area contributed by atoms with E-state index in [2.05, 4.69) is 15.3 Å². The molecule has 0 aromatic carbocycles. The van der Waals surface area contributed by atoms with Crippen LogP contribution in [-0.4, -0.2) is 30.0 Å². The van der Waals surface area contributed by atoms with E-state index < -0.39 is 0 Å². The molecule has 0 saturated heterocycles. The highest BCUT2D eigenvalue weighted by molar-refractivity contribution is 5.93. The normalized spacial score (nSPS) is 10.2. The molecular formula is C10H16N4O. The molecule has 0 spiro atoms. The smallest absolute Gasteiger partial charge is 0.229 e. The van der Waals surface area contributed by atoms with E-state index in [0.717, 1.165) is 0 Å². The van der Waals surface area contributed by atoms with Crippen LogP contribution in [0, 0.1) is 5.92 Å². The molecule has 0 bridgehead atoms. The van der Waals surface area contributed by atoms with E-state index in [0.29, 0.717) is 11.6 Å². The van der Waals surface area contributed by atoms with Crippen molar-refractivity contribution < 1.29 is 4.79 Å². The molecule has 0 unspecified atom stereocenters. The number of anilines is 2. The third-order valence-electron chi connectivity index (χ3n) is 2.07. The molecule has 1 aromatic rings. The van der Waals surface area contributed by atoms with Gasteiger partial charge in [0, 0.05) is 20.0 Å². The van der Waals surface area contributed by atoms with E-state index in [1.165, 1.54) is 0 Å². The van der Waals surface area contributed by atoms with Gasteiger partial charge in [-0.05, 0) is 0 Å². The highest BCUT2D eigenvalue weighted by atomic mass is 16.2. The van der Waals surface area contributed by atoms with Gasteiger partial charge in [0.1, 0.15) is 0 Å². The van der Waals surface area contributed by atoms with E-state index in [-0.39, 0.29) is 11.8 Å². The van der Waals surface area contributed by atoms with Crippen molar-refractivity contribution in [1.29, 1.82) is 0 Å². The number of rotatable bonds is 3. The van der Waals surface area contributed by atoms with Crippen LogP contribution >= 0.6 is 0 Å². The molecule has 1 amide bonds. The quantitative estimate of drug-likeness (QED) is 0.809. The Kier molecular flexibility index (Phi) is 3.60. The fourth-order valence-electron chi connectivity index (χ4n) is 1.14. The Balaban J connectivity index is 2.82. The second-order valence-electron chi connectivity index (χ2n) is 3.57. The zero-order valence-corrected chi connectivity index (χ0v) is 9.48. The van der Waals surface area contributed by atoms with Crippen molar-refractivity contribution in [3.63, 3.8) is 0 Å². The summed E-state index contributed by atoms with van der Waals surface area (Å²) in [6.07, 6.45) is 3.25. The predicted molar refractivity (Wildman–Crippen MR) is 59.8 cm³/mol. The standard InChI is InChI=1S/C10H16N4O/c1-7(2)9(15)14(4)8-5-12-10(11-3)13-6-8/h5-7H,1-4H3,(H,11,12,13). The zero-order chi connectivity index (χ0) is 11.4. The van der Waals surface area contributed by atoms with Crippen molar-refractivity contribution in [2.75, 3.05) is 24.3 Å². The third kappa shape index (κ3) is 2.65. The molecule has 0 aliphatic heterocycles. The molecule has 5 nitrogen and oxygen atoms in total. The van der Waals surface area contributed by atoms with Gasteiger partial charge in [0.05, 0.1) is 18.1 Å². The minimum atomic E-state index is -0.0287. The average molecular weight is 208 g/mol. The number of aromatic nitrogens is 2. The summed E-state index contributed by atoms with van der Waals surface area (Å²) in [7, 11) is 3.47. The van der Waals surface area contributed by atoms with Crippen LogP contribution in [0.25, 0.3) is 0 Å². The Morgan fingerprint density at radius 2 is 1.93 bits per heavy atom. The molecule has 0 aliphatic rings. The molecule has 5 heteroatoms. The van der Waals surface area contributed by atoms with Gasteiger partial charge in [-0.25, -0.2) is 9.97 Å². The van der Waals surface area contributed by atoms with Crippen LogP contribution in [0.5, 0.6) is 0 Å². The zero-order valence-electron chi connectivity index (χ0n) is 9.48. The van der Waals surface area contributed by atoms with E-state index in [1.54, 1.807) is 31.4 Å². The molecule has 0 radical (unpaired) electrons. The maximum absolute atomic E-state index is 11.7. The molecule has 82 valence electrons. The SMILES string of the molecule is CNc1ncc(N(C)C(=O)C(C)C)cn1. The molecule has 1 aromatic heterocycles. The van der Waals surface area contributed by atoms with Crippen molar-refractivity contribution >= 4 is 17.5 Å². The van der Waals surface area contributed by atoms with Gasteiger partial charge in [0.25, 0.3) is 0 Å². The minimum absolute atomic E-state index is 0.0287. The number of hydrogen-bond acceptors (Lipinski definition) is 4. The summed E-state index contributed by atoms with van der Waals surface area (Å²) < 4.78 is 0. The first-order chi connectivity index (χ1) is 7.06. The van der Waals surface area contributed by atoms with Gasteiger partial charge < -0.3 is 10.2 Å². The van der Waals surface area contributed by atoms with Crippen molar-refractivity contribution in [3.8, 4) is 0 Å². The largest absolute Gasteiger partial charge is 0.357 e. The molecule has 1 rings (SSSR count). The fourth-order valence-corrected chi connectivity index (χ4v) is 1.14. The van der Waals surface area contributed by atoms with Crippen LogP contribution in [0.4, 0.5) is 11.6 Å². The van der Waals surface area contributed by atoms with Crippen LogP contribution in [0.15, 0.2) is 12.4 Å². The van der Waals surface area contributed by atoms with Crippen molar-refractivity contribution in [2.45, 2.75) is 13.8 Å².